The van der Waals surface area contributed by atoms with Gasteiger partial charge in [-0.3, -0.25) is 4.79 Å². The molecule has 1 amide bonds. The molecule has 0 spiro atoms. The van der Waals surface area contributed by atoms with Gasteiger partial charge in [-0.05, 0) is 24.6 Å². The third kappa shape index (κ3) is 2.59. The Morgan fingerprint density at radius 1 is 1.55 bits per heavy atom. The van der Waals surface area contributed by atoms with E-state index in [9.17, 15) is 9.90 Å². The van der Waals surface area contributed by atoms with E-state index in [0.29, 0.717) is 18.0 Å². The van der Waals surface area contributed by atoms with E-state index in [0.717, 1.165) is 22.1 Å². The van der Waals surface area contributed by atoms with Crippen molar-refractivity contribution in [1.82, 2.24) is 4.98 Å². The number of carbonyl (C=O) groups is 1. The monoisotopic (exact) mass is 319 g/mol. The lowest BCUT2D eigenvalue weighted by molar-refractivity contribution is -0.116. The summed E-state index contributed by atoms with van der Waals surface area (Å²) in [6.45, 7) is 2.77. The number of aromatic hydroxyl groups is 1. The van der Waals surface area contributed by atoms with Crippen LogP contribution < -0.4 is 15.4 Å². The van der Waals surface area contributed by atoms with Gasteiger partial charge in [0.1, 0.15) is 5.82 Å². The molecule has 1 atom stereocenters. The van der Waals surface area contributed by atoms with E-state index in [2.05, 4.69) is 15.6 Å². The van der Waals surface area contributed by atoms with Gasteiger partial charge in [0, 0.05) is 18.9 Å². The lowest BCUT2D eigenvalue weighted by Gasteiger charge is -2.22. The van der Waals surface area contributed by atoms with E-state index < -0.39 is 0 Å². The first-order valence-corrected chi connectivity index (χ1v) is 7.85. The Kier molecular flexibility index (Phi) is 3.89. The SMILES string of the molecule is CCNc1nc2c(s1)[C@H](c1ccc(OC)c(O)c1)CC(=O)N2. The van der Waals surface area contributed by atoms with Crippen LogP contribution in [0.1, 0.15) is 29.7 Å². The number of carbonyl (C=O) groups excluding carboxylic acids is 1. The third-order valence-electron chi connectivity index (χ3n) is 3.55. The molecular formula is C15H17N3O3S. The lowest BCUT2D eigenvalue weighted by atomic mass is 9.91. The quantitative estimate of drug-likeness (QED) is 0.807. The number of methoxy groups -OCH3 is 1. The van der Waals surface area contributed by atoms with Crippen molar-refractivity contribution in [3.8, 4) is 11.5 Å². The van der Waals surface area contributed by atoms with Crippen LogP contribution in [0.2, 0.25) is 0 Å². The first-order valence-electron chi connectivity index (χ1n) is 7.03. The fourth-order valence-electron chi connectivity index (χ4n) is 2.54. The minimum absolute atomic E-state index is 0.0684. The molecule has 2 aromatic rings. The summed E-state index contributed by atoms with van der Waals surface area (Å²) in [6, 6.07) is 5.24. The molecule has 6 nitrogen and oxygen atoms in total. The number of nitrogens with one attached hydrogen (secondary N) is 2. The maximum absolute atomic E-state index is 11.9. The van der Waals surface area contributed by atoms with Crippen LogP contribution in [0, 0.1) is 0 Å². The number of nitrogens with zero attached hydrogens (tertiary/aromatic N) is 1. The largest absolute Gasteiger partial charge is 0.504 e. The van der Waals surface area contributed by atoms with Gasteiger partial charge in [-0.15, -0.1) is 0 Å². The highest BCUT2D eigenvalue weighted by molar-refractivity contribution is 7.16. The number of anilines is 2. The Balaban J connectivity index is 2.01. The van der Waals surface area contributed by atoms with Gasteiger partial charge in [-0.25, -0.2) is 4.98 Å². The van der Waals surface area contributed by atoms with E-state index in [1.165, 1.54) is 18.4 Å². The maximum atomic E-state index is 11.9. The van der Waals surface area contributed by atoms with E-state index in [-0.39, 0.29) is 17.6 Å². The number of fused-ring (bicyclic) bond motifs is 1. The fraction of sp³-hybridized carbons (Fsp3) is 0.333. The zero-order valence-corrected chi connectivity index (χ0v) is 13.2. The van der Waals surface area contributed by atoms with Crippen LogP contribution in [-0.4, -0.2) is 29.7 Å². The summed E-state index contributed by atoms with van der Waals surface area (Å²) >= 11 is 1.53. The second-order valence-corrected chi connectivity index (χ2v) is 6.03. The van der Waals surface area contributed by atoms with Crippen LogP contribution in [0.3, 0.4) is 0 Å². The molecule has 0 fully saturated rings. The lowest BCUT2D eigenvalue weighted by Crippen LogP contribution is -2.22. The van der Waals surface area contributed by atoms with Crippen molar-refractivity contribution in [2.24, 2.45) is 0 Å². The molecule has 1 aliphatic rings. The molecule has 22 heavy (non-hydrogen) atoms. The average Bonchev–Trinajstić information content (AvgIpc) is 2.89. The van der Waals surface area contributed by atoms with E-state index in [1.54, 1.807) is 12.1 Å². The number of hydrogen-bond donors (Lipinski definition) is 3. The smallest absolute Gasteiger partial charge is 0.226 e. The van der Waals surface area contributed by atoms with Gasteiger partial charge in [0.15, 0.2) is 16.6 Å². The molecule has 0 saturated heterocycles. The highest BCUT2D eigenvalue weighted by Crippen LogP contribution is 2.43. The highest BCUT2D eigenvalue weighted by Gasteiger charge is 2.30. The van der Waals surface area contributed by atoms with Crippen molar-refractivity contribution in [2.45, 2.75) is 19.3 Å². The number of rotatable bonds is 4. The molecule has 0 unspecified atom stereocenters. The van der Waals surface area contributed by atoms with Crippen molar-refractivity contribution in [3.63, 3.8) is 0 Å². The Hall–Kier alpha value is -2.28. The van der Waals surface area contributed by atoms with Gasteiger partial charge in [0.2, 0.25) is 5.91 Å². The number of hydrogen-bond acceptors (Lipinski definition) is 6. The Morgan fingerprint density at radius 3 is 3.05 bits per heavy atom. The van der Waals surface area contributed by atoms with Gasteiger partial charge in [0.25, 0.3) is 0 Å². The summed E-state index contributed by atoms with van der Waals surface area (Å²) in [5, 5.41) is 16.7. The molecular weight excluding hydrogens is 302 g/mol. The van der Waals surface area contributed by atoms with E-state index in [4.69, 9.17) is 4.74 Å². The molecule has 1 aromatic heterocycles. The van der Waals surface area contributed by atoms with Crippen LogP contribution in [0.5, 0.6) is 11.5 Å². The van der Waals surface area contributed by atoms with Gasteiger partial charge in [0.05, 0.1) is 12.0 Å². The van der Waals surface area contributed by atoms with Gasteiger partial charge in [-0.2, -0.15) is 0 Å². The number of phenols is 1. The molecule has 0 radical (unpaired) electrons. The molecule has 1 aliphatic heterocycles. The predicted octanol–water partition coefficient (Wildman–Crippen LogP) is 2.76. The van der Waals surface area contributed by atoms with Crippen molar-refractivity contribution in [1.29, 1.82) is 0 Å². The maximum Gasteiger partial charge on any atom is 0.226 e. The Labute approximate surface area is 132 Å². The molecule has 0 aliphatic carbocycles. The summed E-state index contributed by atoms with van der Waals surface area (Å²) < 4.78 is 5.06. The number of amides is 1. The van der Waals surface area contributed by atoms with Gasteiger partial charge >= 0.3 is 0 Å². The van der Waals surface area contributed by atoms with Gasteiger partial charge < -0.3 is 20.5 Å². The van der Waals surface area contributed by atoms with Crippen LogP contribution in [-0.2, 0) is 4.79 Å². The number of aromatic nitrogens is 1. The normalized spacial score (nSPS) is 16.8. The summed E-state index contributed by atoms with van der Waals surface area (Å²) in [7, 11) is 1.51. The van der Waals surface area contributed by atoms with Crippen molar-refractivity contribution >= 4 is 28.2 Å². The van der Waals surface area contributed by atoms with E-state index >= 15 is 0 Å². The molecule has 3 N–H and O–H groups in total. The number of phenolic OH excluding ortho intramolecular Hbond substituents is 1. The molecule has 2 heterocycles. The zero-order valence-electron chi connectivity index (χ0n) is 12.3. The van der Waals surface area contributed by atoms with Crippen LogP contribution in [0.4, 0.5) is 10.9 Å². The van der Waals surface area contributed by atoms with Crippen molar-refractivity contribution in [2.75, 3.05) is 24.3 Å². The highest BCUT2D eigenvalue weighted by atomic mass is 32.1. The minimum Gasteiger partial charge on any atom is -0.504 e. The topological polar surface area (TPSA) is 83.5 Å². The minimum atomic E-state index is -0.106. The molecule has 0 saturated carbocycles. The summed E-state index contributed by atoms with van der Waals surface area (Å²) in [5.41, 5.74) is 0.876. The molecule has 7 heteroatoms. The summed E-state index contributed by atoms with van der Waals surface area (Å²) in [5.74, 6) is 0.926. The van der Waals surface area contributed by atoms with Crippen LogP contribution >= 0.6 is 11.3 Å². The zero-order chi connectivity index (χ0) is 15.7. The first-order chi connectivity index (χ1) is 10.6. The Bertz CT molecular complexity index is 714. The van der Waals surface area contributed by atoms with Crippen molar-refractivity contribution < 1.29 is 14.6 Å². The summed E-state index contributed by atoms with van der Waals surface area (Å²) in [4.78, 5) is 17.3. The van der Waals surface area contributed by atoms with Crippen LogP contribution in [0.25, 0.3) is 0 Å². The average molecular weight is 319 g/mol. The first kappa shape index (κ1) is 14.6. The standard InChI is InChI=1S/C15H17N3O3S/c1-3-16-15-18-14-13(22-15)9(7-12(20)17-14)8-4-5-11(21-2)10(19)6-8/h4-6,9,19H,3,7H2,1-2H3,(H,16,18)(H,17,20)/t9-/m0/s1. The van der Waals surface area contributed by atoms with Crippen LogP contribution in [0.15, 0.2) is 18.2 Å². The van der Waals surface area contributed by atoms with Gasteiger partial charge in [-0.1, -0.05) is 17.4 Å². The third-order valence-corrected chi connectivity index (χ3v) is 4.68. The predicted molar refractivity (Wildman–Crippen MR) is 86.0 cm³/mol. The fourth-order valence-corrected chi connectivity index (χ4v) is 3.66. The molecule has 1 aromatic carbocycles. The molecule has 3 rings (SSSR count). The van der Waals surface area contributed by atoms with Crippen molar-refractivity contribution in [3.05, 3.63) is 28.6 Å². The summed E-state index contributed by atoms with van der Waals surface area (Å²) in [6.07, 6.45) is 0.340. The number of benzene rings is 1. The second kappa shape index (κ2) is 5.84. The number of thiazole rings is 1. The second-order valence-electron chi connectivity index (χ2n) is 5.00. The number of ether oxygens (including phenoxy) is 1. The Morgan fingerprint density at radius 2 is 2.36 bits per heavy atom. The molecule has 0 bridgehead atoms. The molecule has 116 valence electrons. The van der Waals surface area contributed by atoms with E-state index in [1.807, 2.05) is 13.0 Å².